The molecule has 2 aromatic heterocycles. The van der Waals surface area contributed by atoms with E-state index in [0.29, 0.717) is 11.4 Å². The van der Waals surface area contributed by atoms with E-state index in [-0.39, 0.29) is 17.3 Å². The van der Waals surface area contributed by atoms with Gasteiger partial charge in [0.25, 0.3) is 5.91 Å². The number of rotatable bonds is 6. The normalized spacial score (nSPS) is 11.5. The number of para-hydroxylation sites is 1. The summed E-state index contributed by atoms with van der Waals surface area (Å²) in [7, 11) is 0. The lowest BCUT2D eigenvalue weighted by molar-refractivity contribution is -0.123. The number of nitrogens with zero attached hydrogens (tertiary/aromatic N) is 2. The molecular formula is C19H17N3O5. The number of pyridine rings is 1. The predicted molar refractivity (Wildman–Crippen MR) is 95.5 cm³/mol. The number of benzene rings is 1. The summed E-state index contributed by atoms with van der Waals surface area (Å²) in [6.07, 6.45) is 0.435. The average molecular weight is 367 g/mol. The van der Waals surface area contributed by atoms with Gasteiger partial charge in [-0.25, -0.2) is 9.78 Å². The first kappa shape index (κ1) is 18.1. The third kappa shape index (κ3) is 4.69. The number of hydrogen-bond donors (Lipinski definition) is 1. The summed E-state index contributed by atoms with van der Waals surface area (Å²) in [4.78, 5) is 28.7. The molecule has 0 radical (unpaired) electrons. The lowest BCUT2D eigenvalue weighted by Crippen LogP contribution is -2.30. The molecule has 0 saturated heterocycles. The van der Waals surface area contributed by atoms with Crippen molar-refractivity contribution < 1.29 is 23.6 Å². The summed E-state index contributed by atoms with van der Waals surface area (Å²) < 4.78 is 15.8. The third-order valence-electron chi connectivity index (χ3n) is 3.48. The van der Waals surface area contributed by atoms with Gasteiger partial charge in [0, 0.05) is 12.3 Å². The van der Waals surface area contributed by atoms with Crippen molar-refractivity contribution in [2.45, 2.75) is 20.0 Å². The molecule has 27 heavy (non-hydrogen) atoms. The van der Waals surface area contributed by atoms with Gasteiger partial charge in [-0.05, 0) is 38.1 Å². The van der Waals surface area contributed by atoms with E-state index in [2.05, 4.69) is 15.5 Å². The van der Waals surface area contributed by atoms with E-state index in [9.17, 15) is 9.59 Å². The molecule has 138 valence electrons. The molecule has 0 aliphatic carbocycles. The van der Waals surface area contributed by atoms with Crippen LogP contribution in [0, 0.1) is 6.92 Å². The van der Waals surface area contributed by atoms with E-state index in [1.165, 1.54) is 19.2 Å². The van der Waals surface area contributed by atoms with Gasteiger partial charge in [-0.2, -0.15) is 0 Å². The molecule has 1 amide bonds. The molecule has 0 aliphatic heterocycles. The molecule has 1 atom stereocenters. The van der Waals surface area contributed by atoms with Crippen LogP contribution in [0.15, 0.2) is 59.3 Å². The van der Waals surface area contributed by atoms with Gasteiger partial charge in [-0.15, -0.1) is 0 Å². The highest BCUT2D eigenvalue weighted by Crippen LogP contribution is 2.23. The quantitative estimate of drug-likeness (QED) is 0.666. The van der Waals surface area contributed by atoms with Crippen LogP contribution in [0.25, 0.3) is 0 Å². The number of nitrogens with one attached hydrogen (secondary N) is 1. The Labute approximate surface area is 155 Å². The molecule has 8 nitrogen and oxygen atoms in total. The average Bonchev–Trinajstić information content (AvgIpc) is 3.07. The topological polar surface area (TPSA) is 104 Å². The fraction of sp³-hybridized carbons (Fsp3) is 0.158. The molecule has 8 heteroatoms. The molecule has 2 heterocycles. The van der Waals surface area contributed by atoms with E-state index in [0.717, 1.165) is 0 Å². The monoisotopic (exact) mass is 367 g/mol. The van der Waals surface area contributed by atoms with Crippen molar-refractivity contribution in [2.75, 3.05) is 5.32 Å². The third-order valence-corrected chi connectivity index (χ3v) is 3.48. The maximum Gasteiger partial charge on any atom is 0.344 e. The summed E-state index contributed by atoms with van der Waals surface area (Å²) in [5, 5.41) is 6.15. The zero-order valence-electron chi connectivity index (χ0n) is 14.7. The molecule has 1 aromatic carbocycles. The van der Waals surface area contributed by atoms with Crippen LogP contribution in [0.4, 0.5) is 5.88 Å². The Balaban J connectivity index is 1.67. The first-order valence-electron chi connectivity index (χ1n) is 8.16. The van der Waals surface area contributed by atoms with Crippen LogP contribution in [0.5, 0.6) is 11.6 Å². The smallest absolute Gasteiger partial charge is 0.344 e. The van der Waals surface area contributed by atoms with Gasteiger partial charge in [0.1, 0.15) is 11.3 Å². The fourth-order valence-corrected chi connectivity index (χ4v) is 2.15. The number of esters is 1. The van der Waals surface area contributed by atoms with Crippen molar-refractivity contribution in [3.05, 3.63) is 66.0 Å². The van der Waals surface area contributed by atoms with E-state index in [1.54, 1.807) is 43.3 Å². The summed E-state index contributed by atoms with van der Waals surface area (Å²) in [6.45, 7) is 3.17. The van der Waals surface area contributed by atoms with Crippen LogP contribution in [0.3, 0.4) is 0 Å². The molecule has 0 fully saturated rings. The van der Waals surface area contributed by atoms with Crippen LogP contribution in [0.2, 0.25) is 0 Å². The number of aromatic nitrogens is 2. The van der Waals surface area contributed by atoms with Crippen molar-refractivity contribution in [1.82, 2.24) is 10.1 Å². The standard InChI is InChI=1S/C19H17N3O5/c1-12-11-16(27-22-12)21-17(23)13(2)25-19(24)15-9-6-10-20-18(15)26-14-7-4-3-5-8-14/h3-11,13H,1-2H3,(H,21,23)/t13-/m0/s1. The summed E-state index contributed by atoms with van der Waals surface area (Å²) >= 11 is 0. The minimum atomic E-state index is -1.06. The van der Waals surface area contributed by atoms with Crippen molar-refractivity contribution in [3.8, 4) is 11.6 Å². The van der Waals surface area contributed by atoms with Crippen molar-refractivity contribution in [2.24, 2.45) is 0 Å². The second kappa shape index (κ2) is 8.13. The number of aryl methyl sites for hydroxylation is 1. The highest BCUT2D eigenvalue weighted by molar-refractivity contribution is 5.97. The summed E-state index contributed by atoms with van der Waals surface area (Å²) in [5.74, 6) is -0.488. The van der Waals surface area contributed by atoms with Crippen LogP contribution < -0.4 is 10.1 Å². The molecule has 0 spiro atoms. The van der Waals surface area contributed by atoms with Crippen molar-refractivity contribution >= 4 is 17.8 Å². The Bertz CT molecular complexity index is 939. The molecule has 0 bridgehead atoms. The van der Waals surface area contributed by atoms with Gasteiger partial charge < -0.3 is 14.0 Å². The van der Waals surface area contributed by atoms with Crippen molar-refractivity contribution in [3.63, 3.8) is 0 Å². The Morgan fingerprint density at radius 2 is 1.93 bits per heavy atom. The van der Waals surface area contributed by atoms with Crippen LogP contribution in [-0.4, -0.2) is 28.1 Å². The fourth-order valence-electron chi connectivity index (χ4n) is 2.15. The van der Waals surface area contributed by atoms with Crippen LogP contribution in [0.1, 0.15) is 23.0 Å². The van der Waals surface area contributed by atoms with Crippen LogP contribution >= 0.6 is 0 Å². The number of carbonyl (C=O) groups is 2. The van der Waals surface area contributed by atoms with Gasteiger partial charge in [-0.3, -0.25) is 10.1 Å². The molecule has 3 aromatic rings. The van der Waals surface area contributed by atoms with E-state index in [1.807, 2.05) is 6.07 Å². The van der Waals surface area contributed by atoms with E-state index in [4.69, 9.17) is 14.0 Å². The first-order chi connectivity index (χ1) is 13.0. The van der Waals surface area contributed by atoms with Gasteiger partial charge >= 0.3 is 5.97 Å². The molecule has 0 aliphatic rings. The lowest BCUT2D eigenvalue weighted by atomic mass is 10.2. The molecule has 1 N–H and O–H groups in total. The number of hydrogen-bond acceptors (Lipinski definition) is 7. The van der Waals surface area contributed by atoms with E-state index < -0.39 is 18.0 Å². The van der Waals surface area contributed by atoms with Gasteiger partial charge in [0.05, 0.1) is 5.69 Å². The molecule has 0 unspecified atom stereocenters. The first-order valence-corrected chi connectivity index (χ1v) is 8.16. The second-order valence-electron chi connectivity index (χ2n) is 5.64. The van der Waals surface area contributed by atoms with Gasteiger partial charge in [0.2, 0.25) is 11.8 Å². The Kier molecular flexibility index (Phi) is 5.46. The minimum absolute atomic E-state index is 0.0900. The zero-order chi connectivity index (χ0) is 19.2. The Morgan fingerprint density at radius 3 is 2.63 bits per heavy atom. The minimum Gasteiger partial charge on any atom is -0.449 e. The number of anilines is 1. The Hall–Kier alpha value is -3.68. The number of carbonyl (C=O) groups excluding carboxylic acids is 2. The summed E-state index contributed by atoms with van der Waals surface area (Å²) in [5.41, 5.74) is 0.726. The van der Waals surface area contributed by atoms with E-state index >= 15 is 0 Å². The number of amides is 1. The molecular weight excluding hydrogens is 350 g/mol. The van der Waals surface area contributed by atoms with Gasteiger partial charge in [0.15, 0.2) is 6.10 Å². The highest BCUT2D eigenvalue weighted by atomic mass is 16.6. The molecule has 0 saturated carbocycles. The zero-order valence-corrected chi connectivity index (χ0v) is 14.7. The second-order valence-corrected chi connectivity index (χ2v) is 5.64. The number of ether oxygens (including phenoxy) is 2. The maximum absolute atomic E-state index is 12.5. The lowest BCUT2D eigenvalue weighted by Gasteiger charge is -2.14. The van der Waals surface area contributed by atoms with Gasteiger partial charge in [-0.1, -0.05) is 23.4 Å². The van der Waals surface area contributed by atoms with Crippen molar-refractivity contribution in [1.29, 1.82) is 0 Å². The SMILES string of the molecule is Cc1cc(NC(=O)[C@H](C)OC(=O)c2cccnc2Oc2ccccc2)on1. The Morgan fingerprint density at radius 1 is 1.15 bits per heavy atom. The van der Waals surface area contributed by atoms with Crippen LogP contribution in [-0.2, 0) is 9.53 Å². The largest absolute Gasteiger partial charge is 0.449 e. The maximum atomic E-state index is 12.5. The highest BCUT2D eigenvalue weighted by Gasteiger charge is 2.23. The molecule has 3 rings (SSSR count). The summed E-state index contributed by atoms with van der Waals surface area (Å²) in [6, 6.07) is 13.6. The predicted octanol–water partition coefficient (Wildman–Crippen LogP) is 3.35.